The van der Waals surface area contributed by atoms with Gasteiger partial charge in [-0.05, 0) is 86.3 Å². The van der Waals surface area contributed by atoms with E-state index in [1.807, 2.05) is 0 Å². The number of hydrogen-bond donors (Lipinski definition) is 2. The summed E-state index contributed by atoms with van der Waals surface area (Å²) in [7, 11) is 0. The molecule has 2 heteroatoms. The molecule has 0 bridgehead atoms. The minimum atomic E-state index is 1.09. The maximum absolute atomic E-state index is 3.50. The van der Waals surface area contributed by atoms with Gasteiger partial charge >= 0.3 is 0 Å². The van der Waals surface area contributed by atoms with E-state index in [0.29, 0.717) is 0 Å². The highest BCUT2D eigenvalue weighted by molar-refractivity contribution is 5.69. The summed E-state index contributed by atoms with van der Waals surface area (Å²) in [5, 5.41) is 6.99. The summed E-state index contributed by atoms with van der Waals surface area (Å²) in [6.07, 6.45) is 0. The minimum absolute atomic E-state index is 1.09. The number of benzene rings is 3. The average Bonchev–Trinajstić information content (AvgIpc) is 2.58. The lowest BCUT2D eigenvalue weighted by atomic mass is 10.1. The van der Waals surface area contributed by atoms with Crippen LogP contribution in [0.3, 0.4) is 0 Å². The van der Waals surface area contributed by atoms with Crippen LogP contribution in [0.4, 0.5) is 22.7 Å². The van der Waals surface area contributed by atoms with Gasteiger partial charge < -0.3 is 10.6 Å². The third kappa shape index (κ3) is 3.43. The van der Waals surface area contributed by atoms with Gasteiger partial charge in [0.1, 0.15) is 0 Å². The largest absolute Gasteiger partial charge is 0.355 e. The third-order valence-electron chi connectivity index (χ3n) is 4.65. The van der Waals surface area contributed by atoms with Crippen LogP contribution in [0.15, 0.2) is 60.7 Å². The molecule has 0 spiro atoms. The molecule has 24 heavy (non-hydrogen) atoms. The van der Waals surface area contributed by atoms with E-state index in [2.05, 4.69) is 99.0 Å². The fraction of sp³-hybridized carbons (Fsp3) is 0.182. The molecule has 0 amide bonds. The monoisotopic (exact) mass is 316 g/mol. The lowest BCUT2D eigenvalue weighted by Crippen LogP contribution is -1.96. The van der Waals surface area contributed by atoms with Crippen LogP contribution in [0.25, 0.3) is 0 Å². The third-order valence-corrected chi connectivity index (χ3v) is 4.65. The quantitative estimate of drug-likeness (QED) is 0.581. The van der Waals surface area contributed by atoms with E-state index >= 15 is 0 Å². The molecule has 0 aliphatic carbocycles. The van der Waals surface area contributed by atoms with Crippen LogP contribution in [0.1, 0.15) is 22.3 Å². The molecule has 0 aliphatic rings. The van der Waals surface area contributed by atoms with Gasteiger partial charge in [-0.15, -0.1) is 0 Å². The van der Waals surface area contributed by atoms with Gasteiger partial charge in [-0.3, -0.25) is 0 Å². The van der Waals surface area contributed by atoms with Crippen LogP contribution in [0, 0.1) is 27.7 Å². The van der Waals surface area contributed by atoms with Gasteiger partial charge in [0.15, 0.2) is 0 Å². The average molecular weight is 316 g/mol. The number of nitrogens with one attached hydrogen (secondary N) is 2. The van der Waals surface area contributed by atoms with E-state index in [-0.39, 0.29) is 0 Å². The van der Waals surface area contributed by atoms with Crippen molar-refractivity contribution in [1.29, 1.82) is 0 Å². The molecule has 122 valence electrons. The SMILES string of the molecule is Cc1cccc(Nc2ccc(Nc3cccc(C)c3C)cc2)c1C. The molecule has 0 saturated carbocycles. The summed E-state index contributed by atoms with van der Waals surface area (Å²) in [4.78, 5) is 0. The van der Waals surface area contributed by atoms with Gasteiger partial charge in [0.05, 0.1) is 0 Å². The van der Waals surface area contributed by atoms with E-state index in [0.717, 1.165) is 22.7 Å². The Balaban J connectivity index is 1.76. The van der Waals surface area contributed by atoms with Gasteiger partial charge in [-0.1, -0.05) is 24.3 Å². The molecule has 0 fully saturated rings. The lowest BCUT2D eigenvalue weighted by Gasteiger charge is -2.14. The molecular formula is C22H24N2. The van der Waals surface area contributed by atoms with Crippen molar-refractivity contribution in [2.45, 2.75) is 27.7 Å². The molecular weight excluding hydrogens is 292 g/mol. The minimum Gasteiger partial charge on any atom is -0.355 e. The predicted octanol–water partition coefficient (Wildman–Crippen LogP) is 6.41. The number of hydrogen-bond acceptors (Lipinski definition) is 2. The Bertz CT molecular complexity index is 776. The number of rotatable bonds is 4. The summed E-state index contributed by atoms with van der Waals surface area (Å²) in [5.74, 6) is 0. The van der Waals surface area contributed by atoms with Crippen molar-refractivity contribution in [3.8, 4) is 0 Å². The molecule has 0 unspecified atom stereocenters. The maximum atomic E-state index is 3.50. The molecule has 0 saturated heterocycles. The Morgan fingerprint density at radius 2 is 0.875 bits per heavy atom. The Morgan fingerprint density at radius 1 is 0.500 bits per heavy atom. The molecule has 2 N–H and O–H groups in total. The van der Waals surface area contributed by atoms with E-state index in [1.54, 1.807) is 0 Å². The van der Waals surface area contributed by atoms with E-state index in [9.17, 15) is 0 Å². The van der Waals surface area contributed by atoms with Gasteiger partial charge in [0, 0.05) is 22.7 Å². The van der Waals surface area contributed by atoms with Crippen LogP contribution >= 0.6 is 0 Å². The van der Waals surface area contributed by atoms with Gasteiger partial charge in [-0.25, -0.2) is 0 Å². The van der Waals surface area contributed by atoms with Gasteiger partial charge in [0.2, 0.25) is 0 Å². The first-order chi connectivity index (χ1) is 11.5. The van der Waals surface area contributed by atoms with Crippen molar-refractivity contribution in [1.82, 2.24) is 0 Å². The standard InChI is InChI=1S/C22H24N2/c1-15-7-5-9-21(17(15)3)23-19-11-13-20(14-12-19)24-22-10-6-8-16(2)18(22)4/h5-14,23-24H,1-4H3. The fourth-order valence-corrected chi connectivity index (χ4v) is 2.72. The van der Waals surface area contributed by atoms with Gasteiger partial charge in [0.25, 0.3) is 0 Å². The Morgan fingerprint density at radius 3 is 1.25 bits per heavy atom. The first kappa shape index (κ1) is 16.1. The number of anilines is 4. The first-order valence-electron chi connectivity index (χ1n) is 8.31. The van der Waals surface area contributed by atoms with Crippen molar-refractivity contribution in [3.05, 3.63) is 82.9 Å². The van der Waals surface area contributed by atoms with E-state index in [1.165, 1.54) is 22.3 Å². The van der Waals surface area contributed by atoms with Crippen LogP contribution in [-0.4, -0.2) is 0 Å². The van der Waals surface area contributed by atoms with E-state index < -0.39 is 0 Å². The number of aryl methyl sites for hydroxylation is 2. The summed E-state index contributed by atoms with van der Waals surface area (Å²) < 4.78 is 0. The van der Waals surface area contributed by atoms with Crippen molar-refractivity contribution in [2.24, 2.45) is 0 Å². The van der Waals surface area contributed by atoms with Crippen molar-refractivity contribution >= 4 is 22.7 Å². The maximum Gasteiger partial charge on any atom is 0.0416 e. The highest BCUT2D eigenvalue weighted by Crippen LogP contribution is 2.26. The zero-order chi connectivity index (χ0) is 17.1. The topological polar surface area (TPSA) is 24.1 Å². The summed E-state index contributed by atoms with van der Waals surface area (Å²) in [5.41, 5.74) is 9.67. The molecule has 0 atom stereocenters. The smallest absolute Gasteiger partial charge is 0.0416 e. The summed E-state index contributed by atoms with van der Waals surface area (Å²) in [6, 6.07) is 21.1. The van der Waals surface area contributed by atoms with Gasteiger partial charge in [-0.2, -0.15) is 0 Å². The normalized spacial score (nSPS) is 10.5. The van der Waals surface area contributed by atoms with Crippen molar-refractivity contribution < 1.29 is 0 Å². The summed E-state index contributed by atoms with van der Waals surface area (Å²) >= 11 is 0. The zero-order valence-electron chi connectivity index (χ0n) is 14.8. The predicted molar refractivity (Wildman–Crippen MR) is 105 cm³/mol. The molecule has 3 aromatic rings. The second-order valence-electron chi connectivity index (χ2n) is 6.32. The molecule has 0 aromatic heterocycles. The molecule has 3 aromatic carbocycles. The van der Waals surface area contributed by atoms with Crippen molar-refractivity contribution in [2.75, 3.05) is 10.6 Å². The molecule has 0 radical (unpaired) electrons. The van der Waals surface area contributed by atoms with Crippen LogP contribution in [0.5, 0.6) is 0 Å². The zero-order valence-corrected chi connectivity index (χ0v) is 14.8. The fourth-order valence-electron chi connectivity index (χ4n) is 2.72. The second kappa shape index (κ2) is 6.79. The Labute approximate surface area is 144 Å². The lowest BCUT2D eigenvalue weighted by molar-refractivity contribution is 1.32. The Hall–Kier alpha value is -2.74. The van der Waals surface area contributed by atoms with Crippen LogP contribution in [0.2, 0.25) is 0 Å². The van der Waals surface area contributed by atoms with Crippen molar-refractivity contribution in [3.63, 3.8) is 0 Å². The molecule has 2 nitrogen and oxygen atoms in total. The highest BCUT2D eigenvalue weighted by Gasteiger charge is 2.03. The molecule has 3 rings (SSSR count). The van der Waals surface area contributed by atoms with Crippen LogP contribution < -0.4 is 10.6 Å². The molecule has 0 heterocycles. The highest BCUT2D eigenvalue weighted by atomic mass is 14.9. The summed E-state index contributed by atoms with van der Waals surface area (Å²) in [6.45, 7) is 8.57. The van der Waals surface area contributed by atoms with Crippen LogP contribution in [-0.2, 0) is 0 Å². The first-order valence-corrected chi connectivity index (χ1v) is 8.31. The Kier molecular flexibility index (Phi) is 4.57. The van der Waals surface area contributed by atoms with E-state index in [4.69, 9.17) is 0 Å². The second-order valence-corrected chi connectivity index (χ2v) is 6.32. The molecule has 0 aliphatic heterocycles.